The average Bonchev–Trinajstić information content (AvgIpc) is 2.54. The summed E-state index contributed by atoms with van der Waals surface area (Å²) < 4.78 is -1.74. The third-order valence-corrected chi connectivity index (χ3v) is 3.91. The molecule has 2 rings (SSSR count). The van der Waals surface area contributed by atoms with Gasteiger partial charge in [0.25, 0.3) is 0 Å². The number of halogens is 3. The lowest BCUT2D eigenvalue weighted by molar-refractivity contribution is -0.123. The van der Waals surface area contributed by atoms with E-state index in [4.69, 9.17) is 34.8 Å². The number of amides is 1. The third kappa shape index (κ3) is 6.04. The summed E-state index contributed by atoms with van der Waals surface area (Å²) in [5.74, 6) is -0.357. The lowest BCUT2D eigenvalue weighted by Crippen LogP contribution is -2.51. The molecule has 1 atom stereocenters. The number of alkyl halides is 3. The molecule has 3 nitrogen and oxygen atoms in total. The van der Waals surface area contributed by atoms with Gasteiger partial charge in [0, 0.05) is 13.1 Å². The van der Waals surface area contributed by atoms with E-state index >= 15 is 0 Å². The van der Waals surface area contributed by atoms with Gasteiger partial charge in [0.05, 0.1) is 0 Å². The van der Waals surface area contributed by atoms with Crippen LogP contribution in [0.1, 0.15) is 11.1 Å². The molecular weight excluding hydrogens is 355 g/mol. The van der Waals surface area contributed by atoms with Gasteiger partial charge in [-0.15, -0.1) is 0 Å². The van der Waals surface area contributed by atoms with Crippen molar-refractivity contribution in [3.8, 4) is 0 Å². The molecule has 0 aliphatic rings. The molecule has 0 heterocycles. The summed E-state index contributed by atoms with van der Waals surface area (Å²) in [6, 6.07) is 18.2. The number of rotatable bonds is 6. The van der Waals surface area contributed by atoms with Gasteiger partial charge in [-0.3, -0.25) is 10.1 Å². The minimum absolute atomic E-state index is 0.357. The summed E-state index contributed by atoms with van der Waals surface area (Å²) in [6.45, 7) is 0.808. The Hall–Kier alpha value is -1.26. The highest BCUT2D eigenvalue weighted by Gasteiger charge is 2.37. The molecule has 0 bridgehead atoms. The average molecular weight is 372 g/mol. The van der Waals surface area contributed by atoms with Crippen LogP contribution in [0.2, 0.25) is 0 Å². The molecule has 23 heavy (non-hydrogen) atoms. The molecule has 0 aromatic heterocycles. The van der Waals surface area contributed by atoms with Gasteiger partial charge in [-0.05, 0) is 11.1 Å². The van der Waals surface area contributed by atoms with Crippen LogP contribution in [0.25, 0.3) is 0 Å². The lowest BCUT2D eigenvalue weighted by Gasteiger charge is -2.24. The largest absolute Gasteiger partial charge is 0.351 e. The van der Waals surface area contributed by atoms with Crippen molar-refractivity contribution in [3.63, 3.8) is 0 Å². The van der Waals surface area contributed by atoms with E-state index in [2.05, 4.69) is 10.6 Å². The third-order valence-electron chi connectivity index (χ3n) is 3.25. The monoisotopic (exact) mass is 370 g/mol. The fourth-order valence-corrected chi connectivity index (χ4v) is 2.59. The Morgan fingerprint density at radius 1 is 0.870 bits per heavy atom. The van der Waals surface area contributed by atoms with Crippen molar-refractivity contribution >= 4 is 40.7 Å². The molecule has 0 saturated heterocycles. The van der Waals surface area contributed by atoms with Crippen molar-refractivity contribution < 1.29 is 4.79 Å². The summed E-state index contributed by atoms with van der Waals surface area (Å²) in [5.41, 5.74) is 1.98. The molecule has 0 aliphatic carbocycles. The zero-order valence-electron chi connectivity index (χ0n) is 12.3. The first-order valence-corrected chi connectivity index (χ1v) is 8.26. The molecule has 2 aromatic rings. The SMILES string of the molecule is O=C(NCc1ccccc1)[C@H](NCc1ccccc1)C(Cl)(Cl)Cl. The maximum atomic E-state index is 12.4. The van der Waals surface area contributed by atoms with Gasteiger partial charge in [0.15, 0.2) is 0 Å². The molecule has 0 unspecified atom stereocenters. The van der Waals surface area contributed by atoms with E-state index in [-0.39, 0.29) is 5.91 Å². The molecule has 0 radical (unpaired) electrons. The second kappa shape index (κ2) is 8.55. The molecule has 1 amide bonds. The lowest BCUT2D eigenvalue weighted by atomic mass is 10.2. The van der Waals surface area contributed by atoms with Gasteiger partial charge in [0.2, 0.25) is 9.70 Å². The van der Waals surface area contributed by atoms with E-state index in [1.165, 1.54) is 0 Å². The van der Waals surface area contributed by atoms with Crippen molar-refractivity contribution in [2.24, 2.45) is 0 Å². The minimum atomic E-state index is -1.74. The number of nitrogens with one attached hydrogen (secondary N) is 2. The van der Waals surface area contributed by atoms with E-state index in [1.807, 2.05) is 60.7 Å². The van der Waals surface area contributed by atoms with Crippen LogP contribution in [0.4, 0.5) is 0 Å². The summed E-state index contributed by atoms with van der Waals surface area (Å²) in [6.07, 6.45) is 0. The summed E-state index contributed by atoms with van der Waals surface area (Å²) in [4.78, 5) is 12.4. The van der Waals surface area contributed by atoms with Crippen molar-refractivity contribution in [2.45, 2.75) is 22.9 Å². The summed E-state index contributed by atoms with van der Waals surface area (Å²) in [5, 5.41) is 5.79. The molecule has 2 N–H and O–H groups in total. The smallest absolute Gasteiger partial charge is 0.241 e. The second-order valence-corrected chi connectivity index (χ2v) is 7.41. The highest BCUT2D eigenvalue weighted by molar-refractivity contribution is 6.69. The van der Waals surface area contributed by atoms with E-state index in [0.717, 1.165) is 11.1 Å². The first-order valence-electron chi connectivity index (χ1n) is 7.12. The standard InChI is InChI=1S/C17H17Cl3N2O/c18-17(19,20)15(21-11-13-7-3-1-4-8-13)16(23)22-12-14-9-5-2-6-10-14/h1-10,15,21H,11-12H2,(H,22,23)/t15-/m0/s1. The fraction of sp³-hybridized carbons (Fsp3) is 0.235. The highest BCUT2D eigenvalue weighted by Crippen LogP contribution is 2.30. The van der Waals surface area contributed by atoms with Crippen LogP contribution in [0.3, 0.4) is 0 Å². The molecule has 0 saturated carbocycles. The topological polar surface area (TPSA) is 41.1 Å². The van der Waals surface area contributed by atoms with E-state index in [0.29, 0.717) is 13.1 Å². The van der Waals surface area contributed by atoms with Crippen LogP contribution in [0.15, 0.2) is 60.7 Å². The van der Waals surface area contributed by atoms with Crippen LogP contribution in [0.5, 0.6) is 0 Å². The number of carbonyl (C=O) groups excluding carboxylic acids is 1. The molecule has 0 fully saturated rings. The van der Waals surface area contributed by atoms with Crippen molar-refractivity contribution in [2.75, 3.05) is 0 Å². The Bertz CT molecular complexity index is 615. The van der Waals surface area contributed by atoms with Crippen molar-refractivity contribution in [1.29, 1.82) is 0 Å². The van der Waals surface area contributed by atoms with Gasteiger partial charge in [-0.2, -0.15) is 0 Å². The number of hydrogen-bond acceptors (Lipinski definition) is 2. The van der Waals surface area contributed by atoms with Gasteiger partial charge >= 0.3 is 0 Å². The molecular formula is C17H17Cl3N2O. The van der Waals surface area contributed by atoms with Crippen molar-refractivity contribution in [1.82, 2.24) is 10.6 Å². The first-order chi connectivity index (χ1) is 11.0. The van der Waals surface area contributed by atoms with Gasteiger partial charge in [0.1, 0.15) is 6.04 Å². The quantitative estimate of drug-likeness (QED) is 0.758. The maximum absolute atomic E-state index is 12.4. The first kappa shape index (κ1) is 18.1. The van der Waals surface area contributed by atoms with E-state index < -0.39 is 9.83 Å². The highest BCUT2D eigenvalue weighted by atomic mass is 35.6. The molecule has 0 aliphatic heterocycles. The van der Waals surface area contributed by atoms with E-state index in [9.17, 15) is 4.79 Å². The predicted octanol–water partition coefficient (Wildman–Crippen LogP) is 3.83. The molecule has 2 aromatic carbocycles. The Morgan fingerprint density at radius 2 is 1.35 bits per heavy atom. The van der Waals surface area contributed by atoms with Crippen LogP contribution < -0.4 is 10.6 Å². The number of benzene rings is 2. The van der Waals surface area contributed by atoms with Crippen LogP contribution in [-0.2, 0) is 17.9 Å². The Labute approximate surface area is 150 Å². The number of hydrogen-bond donors (Lipinski definition) is 2. The predicted molar refractivity (Wildman–Crippen MR) is 95.6 cm³/mol. The van der Waals surface area contributed by atoms with Gasteiger partial charge < -0.3 is 5.32 Å². The van der Waals surface area contributed by atoms with Crippen LogP contribution in [0, 0.1) is 0 Å². The Kier molecular flexibility index (Phi) is 6.72. The van der Waals surface area contributed by atoms with Crippen molar-refractivity contribution in [3.05, 3.63) is 71.8 Å². The molecule has 122 valence electrons. The molecule has 0 spiro atoms. The normalized spacial score (nSPS) is 12.7. The fourth-order valence-electron chi connectivity index (χ4n) is 2.06. The number of carbonyl (C=O) groups is 1. The summed E-state index contributed by atoms with van der Waals surface area (Å²) in [7, 11) is 0. The van der Waals surface area contributed by atoms with Gasteiger partial charge in [-0.25, -0.2) is 0 Å². The van der Waals surface area contributed by atoms with E-state index in [1.54, 1.807) is 0 Å². The second-order valence-electron chi connectivity index (χ2n) is 5.04. The zero-order valence-corrected chi connectivity index (χ0v) is 14.6. The summed E-state index contributed by atoms with van der Waals surface area (Å²) >= 11 is 17.8. The zero-order chi connectivity index (χ0) is 16.7. The Balaban J connectivity index is 1.96. The maximum Gasteiger partial charge on any atom is 0.241 e. The van der Waals surface area contributed by atoms with Crippen LogP contribution in [-0.4, -0.2) is 15.7 Å². The van der Waals surface area contributed by atoms with Gasteiger partial charge in [-0.1, -0.05) is 95.5 Å². The molecule has 6 heteroatoms. The minimum Gasteiger partial charge on any atom is -0.351 e. The van der Waals surface area contributed by atoms with Crippen LogP contribution >= 0.6 is 34.8 Å². The Morgan fingerprint density at radius 3 is 1.83 bits per heavy atom.